The van der Waals surface area contributed by atoms with Gasteiger partial charge in [-0.1, -0.05) is 85.8 Å². The van der Waals surface area contributed by atoms with E-state index in [2.05, 4.69) is 55.5 Å². The van der Waals surface area contributed by atoms with E-state index in [4.69, 9.17) is 4.74 Å². The van der Waals surface area contributed by atoms with Gasteiger partial charge in [0.15, 0.2) is 0 Å². The lowest BCUT2D eigenvalue weighted by Gasteiger charge is -2.37. The second-order valence-corrected chi connectivity index (χ2v) is 9.44. The molecule has 4 nitrogen and oxygen atoms in total. The number of carbonyl (C=O) groups excluding carboxylic acids is 1. The van der Waals surface area contributed by atoms with Crippen LogP contribution in [0, 0.1) is 11.8 Å². The number of carbonyl (C=O) groups is 1. The number of ether oxygens (including phenoxy) is 1. The third-order valence-corrected chi connectivity index (χ3v) is 7.39. The molecule has 0 aromatic heterocycles. The minimum absolute atomic E-state index is 0.0809. The summed E-state index contributed by atoms with van der Waals surface area (Å²) >= 11 is 0. The summed E-state index contributed by atoms with van der Waals surface area (Å²) in [5.41, 5.74) is 5.90. The summed E-state index contributed by atoms with van der Waals surface area (Å²) in [6, 6.07) is 26.6. The number of piperidine rings is 1. The standard InChI is InChI=1S/C29H31NO3/c1-20-18-30(16-15-22(20)17-28(31)21-9-3-2-4-10-21)29(32)33-19-27-25-13-7-5-11-23(25)24-12-6-8-14-26(24)27/h2-14,20,22,27-28,31H,15-19H2,1H3/t20-,22+,28+/m1/s1. The lowest BCUT2D eigenvalue weighted by molar-refractivity contribution is 0.0536. The predicted octanol–water partition coefficient (Wildman–Crippen LogP) is 6.02. The lowest BCUT2D eigenvalue weighted by atomic mass is 9.82. The molecule has 0 bridgehead atoms. The van der Waals surface area contributed by atoms with E-state index in [1.165, 1.54) is 22.3 Å². The molecule has 3 aromatic carbocycles. The molecule has 2 aliphatic rings. The van der Waals surface area contributed by atoms with Crippen LogP contribution in [0.4, 0.5) is 4.79 Å². The van der Waals surface area contributed by atoms with Crippen LogP contribution in [0.15, 0.2) is 78.9 Å². The van der Waals surface area contributed by atoms with Gasteiger partial charge in [-0.3, -0.25) is 0 Å². The maximum absolute atomic E-state index is 12.9. The van der Waals surface area contributed by atoms with E-state index in [9.17, 15) is 9.90 Å². The van der Waals surface area contributed by atoms with Gasteiger partial charge in [-0.15, -0.1) is 0 Å². The Bertz CT molecular complexity index is 1070. The number of aliphatic hydroxyl groups excluding tert-OH is 1. The molecule has 1 aliphatic heterocycles. The Morgan fingerprint density at radius 3 is 2.21 bits per heavy atom. The van der Waals surface area contributed by atoms with Crippen molar-refractivity contribution in [1.29, 1.82) is 0 Å². The minimum Gasteiger partial charge on any atom is -0.448 e. The van der Waals surface area contributed by atoms with Gasteiger partial charge in [0.05, 0.1) is 6.10 Å². The molecular formula is C29H31NO3. The highest BCUT2D eigenvalue weighted by Gasteiger charge is 2.33. The highest BCUT2D eigenvalue weighted by Crippen LogP contribution is 2.44. The van der Waals surface area contributed by atoms with Crippen molar-refractivity contribution in [3.8, 4) is 11.1 Å². The van der Waals surface area contributed by atoms with Crippen LogP contribution in [0.5, 0.6) is 0 Å². The zero-order chi connectivity index (χ0) is 22.8. The van der Waals surface area contributed by atoms with Gasteiger partial charge in [0.25, 0.3) is 0 Å². The number of rotatable bonds is 5. The Hall–Kier alpha value is -3.11. The van der Waals surface area contributed by atoms with Crippen LogP contribution in [-0.4, -0.2) is 35.8 Å². The quantitative estimate of drug-likeness (QED) is 0.527. The van der Waals surface area contributed by atoms with Crippen molar-refractivity contribution in [2.75, 3.05) is 19.7 Å². The number of benzene rings is 3. The SMILES string of the molecule is C[C@@H]1CN(C(=O)OCC2c3ccccc3-c3ccccc32)CC[C@H]1C[C@H](O)c1ccccc1. The van der Waals surface area contributed by atoms with E-state index in [0.29, 0.717) is 31.5 Å². The van der Waals surface area contributed by atoms with Gasteiger partial charge in [-0.2, -0.15) is 0 Å². The zero-order valence-electron chi connectivity index (χ0n) is 19.1. The monoisotopic (exact) mass is 441 g/mol. The van der Waals surface area contributed by atoms with Crippen molar-refractivity contribution in [2.24, 2.45) is 11.8 Å². The third kappa shape index (κ3) is 4.40. The fourth-order valence-corrected chi connectivity index (χ4v) is 5.49. The fourth-order valence-electron chi connectivity index (χ4n) is 5.49. The maximum atomic E-state index is 12.9. The molecule has 1 aliphatic carbocycles. The van der Waals surface area contributed by atoms with Crippen LogP contribution in [0.1, 0.15) is 48.5 Å². The normalized spacial score (nSPS) is 20.7. The van der Waals surface area contributed by atoms with Crippen molar-refractivity contribution in [1.82, 2.24) is 4.90 Å². The molecule has 0 unspecified atom stereocenters. The van der Waals surface area contributed by atoms with Gasteiger partial charge >= 0.3 is 6.09 Å². The Morgan fingerprint density at radius 1 is 0.970 bits per heavy atom. The number of nitrogens with zero attached hydrogens (tertiary/aromatic N) is 1. The first kappa shape index (κ1) is 21.7. The highest BCUT2D eigenvalue weighted by atomic mass is 16.6. The summed E-state index contributed by atoms with van der Waals surface area (Å²) in [7, 11) is 0. The molecule has 0 radical (unpaired) electrons. The summed E-state index contributed by atoms with van der Waals surface area (Å²) in [4.78, 5) is 14.8. The first-order valence-corrected chi connectivity index (χ1v) is 11.9. The average molecular weight is 442 g/mol. The van der Waals surface area contributed by atoms with Crippen molar-refractivity contribution in [3.63, 3.8) is 0 Å². The number of likely N-dealkylation sites (tertiary alicyclic amines) is 1. The molecule has 1 saturated heterocycles. The van der Waals surface area contributed by atoms with Crippen LogP contribution in [0.2, 0.25) is 0 Å². The van der Waals surface area contributed by atoms with Gasteiger partial charge in [-0.25, -0.2) is 4.79 Å². The molecule has 1 N–H and O–H groups in total. The van der Waals surface area contributed by atoms with Crippen LogP contribution >= 0.6 is 0 Å². The van der Waals surface area contributed by atoms with Crippen molar-refractivity contribution < 1.29 is 14.6 Å². The van der Waals surface area contributed by atoms with Crippen LogP contribution in [-0.2, 0) is 4.74 Å². The van der Waals surface area contributed by atoms with Gasteiger partial charge in [0, 0.05) is 19.0 Å². The molecule has 170 valence electrons. The second kappa shape index (κ2) is 9.40. The third-order valence-electron chi connectivity index (χ3n) is 7.39. The molecule has 1 amide bonds. The molecule has 3 atom stereocenters. The van der Waals surface area contributed by atoms with Crippen molar-refractivity contribution in [3.05, 3.63) is 95.6 Å². The first-order valence-electron chi connectivity index (χ1n) is 11.9. The number of aliphatic hydroxyl groups is 1. The van der Waals surface area contributed by atoms with Crippen molar-refractivity contribution in [2.45, 2.75) is 31.8 Å². The molecule has 1 heterocycles. The zero-order valence-corrected chi connectivity index (χ0v) is 19.1. The number of hydrogen-bond acceptors (Lipinski definition) is 3. The highest BCUT2D eigenvalue weighted by molar-refractivity contribution is 5.79. The van der Waals surface area contributed by atoms with E-state index >= 15 is 0 Å². The summed E-state index contributed by atoms with van der Waals surface area (Å²) in [6.45, 7) is 3.87. The molecule has 33 heavy (non-hydrogen) atoms. The van der Waals surface area contributed by atoms with E-state index in [1.807, 2.05) is 35.2 Å². The maximum Gasteiger partial charge on any atom is 0.409 e. The van der Waals surface area contributed by atoms with Crippen LogP contribution in [0.3, 0.4) is 0 Å². The summed E-state index contributed by atoms with van der Waals surface area (Å²) < 4.78 is 5.85. The van der Waals surface area contributed by atoms with Gasteiger partial charge < -0.3 is 14.7 Å². The summed E-state index contributed by atoms with van der Waals surface area (Å²) in [6.07, 6.45) is 0.921. The van der Waals surface area contributed by atoms with Gasteiger partial charge in [0.1, 0.15) is 6.61 Å². The molecule has 1 fully saturated rings. The number of amides is 1. The molecular weight excluding hydrogens is 410 g/mol. The molecule has 0 spiro atoms. The number of hydrogen-bond donors (Lipinski definition) is 1. The van der Waals surface area contributed by atoms with Crippen LogP contribution in [0.25, 0.3) is 11.1 Å². The smallest absolute Gasteiger partial charge is 0.409 e. The Kier molecular flexibility index (Phi) is 6.19. The van der Waals surface area contributed by atoms with E-state index in [1.54, 1.807) is 0 Å². The first-order chi connectivity index (χ1) is 16.1. The fraction of sp³-hybridized carbons (Fsp3) is 0.345. The molecule has 5 rings (SSSR count). The van der Waals surface area contributed by atoms with E-state index in [-0.39, 0.29) is 12.0 Å². The Labute approximate surface area is 195 Å². The second-order valence-electron chi connectivity index (χ2n) is 9.44. The predicted molar refractivity (Wildman–Crippen MR) is 130 cm³/mol. The summed E-state index contributed by atoms with van der Waals surface area (Å²) in [5.74, 6) is 0.785. The average Bonchev–Trinajstić information content (AvgIpc) is 3.18. The molecule has 3 aromatic rings. The lowest BCUT2D eigenvalue weighted by Crippen LogP contribution is -2.43. The van der Waals surface area contributed by atoms with E-state index < -0.39 is 6.10 Å². The van der Waals surface area contributed by atoms with Crippen LogP contribution < -0.4 is 0 Å². The van der Waals surface area contributed by atoms with Crippen molar-refractivity contribution >= 4 is 6.09 Å². The molecule has 4 heteroatoms. The molecule has 0 saturated carbocycles. The summed E-state index contributed by atoms with van der Waals surface area (Å²) in [5, 5.41) is 10.6. The largest absolute Gasteiger partial charge is 0.448 e. The van der Waals surface area contributed by atoms with E-state index in [0.717, 1.165) is 18.4 Å². The van der Waals surface area contributed by atoms with Gasteiger partial charge in [-0.05, 0) is 52.5 Å². The topological polar surface area (TPSA) is 49.8 Å². The Balaban J connectivity index is 1.18. The minimum atomic E-state index is -0.459. The van der Waals surface area contributed by atoms with Gasteiger partial charge in [0.2, 0.25) is 0 Å². The number of fused-ring (bicyclic) bond motifs is 3. The Morgan fingerprint density at radius 2 is 1.58 bits per heavy atom.